The molecule has 2 aromatic rings. The fourth-order valence-corrected chi connectivity index (χ4v) is 2.35. The lowest BCUT2D eigenvalue weighted by Gasteiger charge is -2.25. The molecule has 2 rings (SSSR count). The third-order valence-electron chi connectivity index (χ3n) is 3.51. The van der Waals surface area contributed by atoms with E-state index in [1.54, 1.807) is 0 Å². The van der Waals surface area contributed by atoms with Gasteiger partial charge in [-0.3, -0.25) is 0 Å². The van der Waals surface area contributed by atoms with Crippen LogP contribution in [0, 0.1) is 0 Å². The van der Waals surface area contributed by atoms with E-state index in [0.717, 1.165) is 30.5 Å². The maximum Gasteiger partial charge on any atom is 0.0984 e. The first kappa shape index (κ1) is 17.7. The monoisotopic (exact) mass is 305 g/mol. The summed E-state index contributed by atoms with van der Waals surface area (Å²) in [5.41, 5.74) is 2.07. The maximum absolute atomic E-state index is 10.7. The Morgan fingerprint density at radius 1 is 0.905 bits per heavy atom. The molecule has 114 valence electrons. The van der Waals surface area contributed by atoms with Gasteiger partial charge < -0.3 is 10.4 Å². The van der Waals surface area contributed by atoms with Gasteiger partial charge in [-0.2, -0.15) is 0 Å². The van der Waals surface area contributed by atoms with Crippen LogP contribution in [-0.2, 0) is 0 Å². The van der Waals surface area contributed by atoms with E-state index in [0.29, 0.717) is 0 Å². The summed E-state index contributed by atoms with van der Waals surface area (Å²) in [6, 6.07) is 19.9. The van der Waals surface area contributed by atoms with Crippen molar-refractivity contribution in [2.75, 3.05) is 6.54 Å². The largest absolute Gasteiger partial charge is 0.386 e. The molecule has 2 unspecified atom stereocenters. The first-order valence-corrected chi connectivity index (χ1v) is 7.34. The van der Waals surface area contributed by atoms with E-state index in [1.807, 2.05) is 48.5 Å². The highest BCUT2D eigenvalue weighted by molar-refractivity contribution is 5.85. The Balaban J connectivity index is 0.00000220. The standard InChI is InChI=1S/C18H23NO.ClH/c1-2-3-14-19-17(15-10-6-4-7-11-15)18(20)16-12-8-5-9-13-16;/h4-13,17-20H,2-3,14H2,1H3;1H. The molecule has 3 heteroatoms. The van der Waals surface area contributed by atoms with Crippen LogP contribution in [0.25, 0.3) is 0 Å². The molecule has 2 atom stereocenters. The minimum atomic E-state index is -0.532. The molecule has 0 aliphatic carbocycles. The summed E-state index contributed by atoms with van der Waals surface area (Å²) in [5, 5.41) is 14.2. The number of hydrogen-bond donors (Lipinski definition) is 2. The van der Waals surface area contributed by atoms with Crippen LogP contribution in [0.1, 0.15) is 43.0 Å². The van der Waals surface area contributed by atoms with Crippen LogP contribution in [0.3, 0.4) is 0 Å². The average Bonchev–Trinajstić information content (AvgIpc) is 2.53. The van der Waals surface area contributed by atoms with Gasteiger partial charge in [-0.25, -0.2) is 0 Å². The summed E-state index contributed by atoms with van der Waals surface area (Å²) < 4.78 is 0. The maximum atomic E-state index is 10.7. The van der Waals surface area contributed by atoms with E-state index in [1.165, 1.54) is 0 Å². The van der Waals surface area contributed by atoms with Crippen LogP contribution in [0.5, 0.6) is 0 Å². The number of hydrogen-bond acceptors (Lipinski definition) is 2. The predicted molar refractivity (Wildman–Crippen MR) is 90.7 cm³/mol. The van der Waals surface area contributed by atoms with Crippen molar-refractivity contribution in [1.82, 2.24) is 5.32 Å². The molecule has 0 heterocycles. The van der Waals surface area contributed by atoms with Gasteiger partial charge in [-0.15, -0.1) is 12.4 Å². The van der Waals surface area contributed by atoms with Gasteiger partial charge in [0, 0.05) is 0 Å². The summed E-state index contributed by atoms with van der Waals surface area (Å²) in [7, 11) is 0. The van der Waals surface area contributed by atoms with Gasteiger partial charge in [-0.1, -0.05) is 74.0 Å². The summed E-state index contributed by atoms with van der Waals surface area (Å²) in [6.45, 7) is 3.09. The Hall–Kier alpha value is -1.35. The average molecular weight is 306 g/mol. The van der Waals surface area contributed by atoms with E-state index in [4.69, 9.17) is 0 Å². The Morgan fingerprint density at radius 2 is 1.43 bits per heavy atom. The minimum Gasteiger partial charge on any atom is -0.386 e. The normalized spacial score (nSPS) is 13.2. The molecule has 21 heavy (non-hydrogen) atoms. The summed E-state index contributed by atoms with van der Waals surface area (Å²) >= 11 is 0. The lowest BCUT2D eigenvalue weighted by Crippen LogP contribution is -2.28. The number of rotatable bonds is 7. The van der Waals surface area contributed by atoms with Crippen molar-refractivity contribution < 1.29 is 5.11 Å². The van der Waals surface area contributed by atoms with Crippen molar-refractivity contribution in [3.63, 3.8) is 0 Å². The number of halogens is 1. The number of unbranched alkanes of at least 4 members (excludes halogenated alkanes) is 1. The smallest absolute Gasteiger partial charge is 0.0984 e. The van der Waals surface area contributed by atoms with Crippen LogP contribution in [0.4, 0.5) is 0 Å². The second-order valence-electron chi connectivity index (χ2n) is 5.05. The molecule has 0 saturated heterocycles. The van der Waals surface area contributed by atoms with Gasteiger partial charge in [0.15, 0.2) is 0 Å². The molecule has 0 amide bonds. The van der Waals surface area contributed by atoms with E-state index in [9.17, 15) is 5.11 Å². The van der Waals surface area contributed by atoms with Crippen molar-refractivity contribution in [2.24, 2.45) is 0 Å². The Bertz CT molecular complexity index is 489. The molecule has 0 aromatic heterocycles. The van der Waals surface area contributed by atoms with Crippen LogP contribution in [-0.4, -0.2) is 11.7 Å². The highest BCUT2D eigenvalue weighted by atomic mass is 35.5. The zero-order valence-corrected chi connectivity index (χ0v) is 13.2. The molecule has 0 aliphatic rings. The molecule has 2 nitrogen and oxygen atoms in total. The molecule has 0 bridgehead atoms. The van der Waals surface area contributed by atoms with E-state index >= 15 is 0 Å². The second kappa shape index (κ2) is 9.56. The molecule has 0 fully saturated rings. The zero-order valence-electron chi connectivity index (χ0n) is 12.4. The fraction of sp³-hybridized carbons (Fsp3) is 0.333. The van der Waals surface area contributed by atoms with Crippen molar-refractivity contribution in [1.29, 1.82) is 0 Å². The van der Waals surface area contributed by atoms with Gasteiger partial charge >= 0.3 is 0 Å². The Labute approximate surface area is 133 Å². The zero-order chi connectivity index (χ0) is 14.2. The Morgan fingerprint density at radius 3 is 1.95 bits per heavy atom. The highest BCUT2D eigenvalue weighted by Gasteiger charge is 2.21. The number of aliphatic hydroxyl groups excluding tert-OH is 1. The summed E-state index contributed by atoms with van der Waals surface area (Å²) in [4.78, 5) is 0. The third kappa shape index (κ3) is 5.16. The lowest BCUT2D eigenvalue weighted by molar-refractivity contribution is 0.128. The number of aliphatic hydroxyl groups is 1. The van der Waals surface area contributed by atoms with Crippen LogP contribution in [0.15, 0.2) is 60.7 Å². The molecule has 2 N–H and O–H groups in total. The van der Waals surface area contributed by atoms with Crippen LogP contribution in [0.2, 0.25) is 0 Å². The van der Waals surface area contributed by atoms with Gasteiger partial charge in [-0.05, 0) is 24.1 Å². The molecule has 0 saturated carbocycles. The molecule has 0 radical (unpaired) electrons. The van der Waals surface area contributed by atoms with E-state index < -0.39 is 6.10 Å². The van der Waals surface area contributed by atoms with Crippen molar-refractivity contribution >= 4 is 12.4 Å². The van der Waals surface area contributed by atoms with Gasteiger partial charge in [0.25, 0.3) is 0 Å². The lowest BCUT2D eigenvalue weighted by atomic mass is 9.95. The molecule has 0 spiro atoms. The predicted octanol–water partition coefficient (Wildman–Crippen LogP) is 4.27. The molecule has 0 aliphatic heterocycles. The van der Waals surface area contributed by atoms with Crippen molar-refractivity contribution in [3.05, 3.63) is 71.8 Å². The second-order valence-corrected chi connectivity index (χ2v) is 5.05. The van der Waals surface area contributed by atoms with Gasteiger partial charge in [0.05, 0.1) is 12.1 Å². The van der Waals surface area contributed by atoms with Crippen molar-refractivity contribution in [3.8, 4) is 0 Å². The van der Waals surface area contributed by atoms with Crippen molar-refractivity contribution in [2.45, 2.75) is 31.9 Å². The summed E-state index contributed by atoms with van der Waals surface area (Å²) in [6.07, 6.45) is 1.73. The fourth-order valence-electron chi connectivity index (χ4n) is 2.35. The third-order valence-corrected chi connectivity index (χ3v) is 3.51. The quantitative estimate of drug-likeness (QED) is 0.749. The topological polar surface area (TPSA) is 32.3 Å². The number of benzene rings is 2. The van der Waals surface area contributed by atoms with E-state index in [2.05, 4.69) is 24.4 Å². The first-order valence-electron chi connectivity index (χ1n) is 7.34. The highest BCUT2D eigenvalue weighted by Crippen LogP contribution is 2.28. The summed E-state index contributed by atoms with van der Waals surface area (Å²) in [5.74, 6) is 0. The molecule has 2 aromatic carbocycles. The minimum absolute atomic E-state index is 0. The SMILES string of the molecule is CCCCNC(c1ccccc1)C(O)c1ccccc1.Cl. The first-order chi connectivity index (χ1) is 9.83. The Kier molecular flexibility index (Phi) is 8.06. The van der Waals surface area contributed by atoms with Crippen LogP contribution < -0.4 is 5.32 Å². The van der Waals surface area contributed by atoms with Gasteiger partial charge in [0.2, 0.25) is 0 Å². The molecular formula is C18H24ClNO. The number of nitrogens with one attached hydrogen (secondary N) is 1. The van der Waals surface area contributed by atoms with Crippen LogP contribution >= 0.6 is 12.4 Å². The molecular weight excluding hydrogens is 282 g/mol. The van der Waals surface area contributed by atoms with E-state index in [-0.39, 0.29) is 18.4 Å². The van der Waals surface area contributed by atoms with Gasteiger partial charge in [0.1, 0.15) is 0 Å².